The highest BCUT2D eigenvalue weighted by atomic mass is 32.1. The summed E-state index contributed by atoms with van der Waals surface area (Å²) in [7, 11) is 0. The molecular weight excluding hydrogens is 355 g/mol. The van der Waals surface area contributed by atoms with Gasteiger partial charge in [-0.05, 0) is 30.3 Å². The molecule has 0 unspecified atom stereocenters. The van der Waals surface area contributed by atoms with Gasteiger partial charge in [-0.3, -0.25) is 5.43 Å². The molecule has 0 amide bonds. The number of para-hydroxylation sites is 1. The highest BCUT2D eigenvalue weighted by molar-refractivity contribution is 7.12. The van der Waals surface area contributed by atoms with Crippen LogP contribution in [0.25, 0.3) is 11.3 Å². The van der Waals surface area contributed by atoms with Gasteiger partial charge in [0.05, 0.1) is 11.4 Å². The minimum absolute atomic E-state index is 0.0743. The van der Waals surface area contributed by atoms with Gasteiger partial charge in [0.25, 0.3) is 0 Å². The first-order valence-corrected chi connectivity index (χ1v) is 8.47. The van der Waals surface area contributed by atoms with E-state index in [2.05, 4.69) is 15.5 Å². The second kappa shape index (κ2) is 6.82. The number of nitriles is 1. The molecule has 0 saturated carbocycles. The van der Waals surface area contributed by atoms with Crippen LogP contribution in [0.5, 0.6) is 11.5 Å². The molecule has 4 rings (SSSR count). The van der Waals surface area contributed by atoms with E-state index >= 15 is 0 Å². The summed E-state index contributed by atoms with van der Waals surface area (Å²) in [6.07, 6.45) is 0. The molecule has 6 nitrogen and oxygen atoms in total. The minimum Gasteiger partial charge on any atom is -0.454 e. The molecule has 1 aromatic heterocycles. The summed E-state index contributed by atoms with van der Waals surface area (Å²) in [4.78, 5) is 4.45. The van der Waals surface area contributed by atoms with Crippen LogP contribution in [0.4, 0.5) is 10.1 Å². The van der Waals surface area contributed by atoms with Crippen molar-refractivity contribution in [3.63, 3.8) is 0 Å². The Balaban J connectivity index is 1.59. The molecule has 0 spiro atoms. The molecule has 0 fully saturated rings. The van der Waals surface area contributed by atoms with Gasteiger partial charge in [-0.15, -0.1) is 11.3 Å². The van der Waals surface area contributed by atoms with Crippen LogP contribution in [0.1, 0.15) is 5.01 Å². The fourth-order valence-electron chi connectivity index (χ4n) is 2.36. The van der Waals surface area contributed by atoms with Gasteiger partial charge in [0, 0.05) is 10.9 Å². The molecule has 0 aliphatic carbocycles. The van der Waals surface area contributed by atoms with E-state index in [-0.39, 0.29) is 18.2 Å². The zero-order valence-corrected chi connectivity index (χ0v) is 14.1. The number of thiazole rings is 1. The third kappa shape index (κ3) is 3.08. The van der Waals surface area contributed by atoms with Crippen LogP contribution in [0, 0.1) is 17.1 Å². The summed E-state index contributed by atoms with van der Waals surface area (Å²) in [5.74, 6) is 0.902. The van der Waals surface area contributed by atoms with Gasteiger partial charge in [-0.25, -0.2) is 9.37 Å². The number of ether oxygens (including phenoxy) is 2. The molecule has 3 aromatic rings. The number of anilines is 1. The molecule has 8 heteroatoms. The summed E-state index contributed by atoms with van der Waals surface area (Å²) >= 11 is 1.28. The van der Waals surface area contributed by atoms with Crippen molar-refractivity contribution in [2.24, 2.45) is 5.10 Å². The maximum Gasteiger partial charge on any atom is 0.231 e. The van der Waals surface area contributed by atoms with E-state index in [1.165, 1.54) is 23.5 Å². The molecule has 1 N–H and O–H groups in total. The van der Waals surface area contributed by atoms with E-state index in [9.17, 15) is 9.65 Å². The molecule has 1 aliphatic rings. The van der Waals surface area contributed by atoms with E-state index in [1.807, 2.05) is 29.6 Å². The maximum atomic E-state index is 13.6. The first kappa shape index (κ1) is 16.1. The lowest BCUT2D eigenvalue weighted by Gasteiger charge is -2.01. The fraction of sp³-hybridized carbons (Fsp3) is 0.0556. The zero-order valence-electron chi connectivity index (χ0n) is 13.3. The Morgan fingerprint density at radius 1 is 1.23 bits per heavy atom. The lowest BCUT2D eigenvalue weighted by atomic mass is 10.1. The van der Waals surface area contributed by atoms with Crippen molar-refractivity contribution in [3.8, 4) is 28.8 Å². The number of halogens is 1. The Bertz CT molecular complexity index is 1040. The van der Waals surface area contributed by atoms with E-state index in [1.54, 1.807) is 12.1 Å². The van der Waals surface area contributed by atoms with Gasteiger partial charge in [0.1, 0.15) is 11.9 Å². The van der Waals surface area contributed by atoms with Crippen molar-refractivity contribution in [2.75, 3.05) is 12.2 Å². The zero-order chi connectivity index (χ0) is 17.9. The van der Waals surface area contributed by atoms with Crippen molar-refractivity contribution in [2.45, 2.75) is 0 Å². The Kier molecular flexibility index (Phi) is 4.21. The lowest BCUT2D eigenvalue weighted by Crippen LogP contribution is -2.02. The van der Waals surface area contributed by atoms with Crippen LogP contribution >= 0.6 is 11.3 Å². The second-order valence-corrected chi connectivity index (χ2v) is 6.13. The predicted molar refractivity (Wildman–Crippen MR) is 95.8 cm³/mol. The number of nitrogens with zero attached hydrogens (tertiary/aromatic N) is 3. The summed E-state index contributed by atoms with van der Waals surface area (Å²) in [6.45, 7) is 0.202. The summed E-state index contributed by atoms with van der Waals surface area (Å²) < 4.78 is 24.3. The molecule has 1 aliphatic heterocycles. The number of hydrazone groups is 1. The number of hydrogen-bond acceptors (Lipinski definition) is 7. The SMILES string of the molecule is N#CC(=NNc1ccccc1F)c1nc(-c2ccc3c(c2)OCO3)cs1. The minimum atomic E-state index is -0.450. The number of aromatic nitrogens is 1. The molecule has 0 radical (unpaired) electrons. The van der Waals surface area contributed by atoms with Gasteiger partial charge in [0.2, 0.25) is 6.79 Å². The van der Waals surface area contributed by atoms with Crippen LogP contribution in [0.15, 0.2) is 52.9 Å². The predicted octanol–water partition coefficient (Wildman–Crippen LogP) is 4.02. The third-order valence-electron chi connectivity index (χ3n) is 3.64. The Morgan fingerprint density at radius 3 is 2.92 bits per heavy atom. The van der Waals surface area contributed by atoms with E-state index in [0.29, 0.717) is 22.2 Å². The molecule has 0 bridgehead atoms. The molecule has 0 saturated heterocycles. The average Bonchev–Trinajstić information content (AvgIpc) is 3.32. The second-order valence-electron chi connectivity index (χ2n) is 5.27. The van der Waals surface area contributed by atoms with E-state index < -0.39 is 5.82 Å². The lowest BCUT2D eigenvalue weighted by molar-refractivity contribution is 0.174. The monoisotopic (exact) mass is 366 g/mol. The number of fused-ring (bicyclic) bond motifs is 1. The average molecular weight is 366 g/mol. The quantitative estimate of drug-likeness (QED) is 0.557. The van der Waals surface area contributed by atoms with E-state index in [0.717, 1.165) is 5.56 Å². The topological polar surface area (TPSA) is 79.5 Å². The van der Waals surface area contributed by atoms with Gasteiger partial charge in [-0.2, -0.15) is 10.4 Å². The first-order valence-electron chi connectivity index (χ1n) is 7.59. The van der Waals surface area contributed by atoms with Gasteiger partial charge in [-0.1, -0.05) is 12.1 Å². The number of hydrogen-bond donors (Lipinski definition) is 1. The molecule has 128 valence electrons. The normalized spacial score (nSPS) is 12.7. The van der Waals surface area contributed by atoms with Crippen molar-refractivity contribution >= 4 is 22.7 Å². The molecular formula is C18H11FN4O2S. The highest BCUT2D eigenvalue weighted by Crippen LogP contribution is 2.36. The van der Waals surface area contributed by atoms with Gasteiger partial charge < -0.3 is 9.47 Å². The number of benzene rings is 2. The molecule has 2 aromatic carbocycles. The van der Waals surface area contributed by atoms with Crippen molar-refractivity contribution in [3.05, 3.63) is 58.7 Å². The van der Waals surface area contributed by atoms with Crippen molar-refractivity contribution in [1.29, 1.82) is 5.26 Å². The van der Waals surface area contributed by atoms with E-state index in [4.69, 9.17) is 9.47 Å². The van der Waals surface area contributed by atoms with Crippen LogP contribution in [-0.2, 0) is 0 Å². The van der Waals surface area contributed by atoms with Crippen molar-refractivity contribution < 1.29 is 13.9 Å². The number of nitrogens with one attached hydrogen (secondary N) is 1. The van der Waals surface area contributed by atoms with Crippen LogP contribution in [-0.4, -0.2) is 17.5 Å². The summed E-state index contributed by atoms with van der Waals surface area (Å²) in [5, 5.41) is 15.6. The molecule has 26 heavy (non-hydrogen) atoms. The molecule has 0 atom stereocenters. The van der Waals surface area contributed by atoms with Crippen LogP contribution in [0.3, 0.4) is 0 Å². The smallest absolute Gasteiger partial charge is 0.231 e. The van der Waals surface area contributed by atoms with Crippen LogP contribution in [0.2, 0.25) is 0 Å². The Hall–Kier alpha value is -3.44. The molecule has 2 heterocycles. The van der Waals surface area contributed by atoms with Crippen molar-refractivity contribution in [1.82, 2.24) is 4.98 Å². The Labute approximate surface area is 152 Å². The first-order chi connectivity index (χ1) is 12.7. The maximum absolute atomic E-state index is 13.6. The Morgan fingerprint density at radius 2 is 2.08 bits per heavy atom. The third-order valence-corrected chi connectivity index (χ3v) is 4.49. The summed E-state index contributed by atoms with van der Waals surface area (Å²) in [6, 6.07) is 13.6. The van der Waals surface area contributed by atoms with Crippen LogP contribution < -0.4 is 14.9 Å². The number of rotatable bonds is 4. The van der Waals surface area contributed by atoms with Gasteiger partial charge in [0.15, 0.2) is 22.2 Å². The largest absolute Gasteiger partial charge is 0.454 e. The standard InChI is InChI=1S/C18H11FN4O2S/c19-12-3-1-2-4-13(12)22-23-14(8-20)18-21-15(9-26-18)11-5-6-16-17(7-11)25-10-24-16/h1-7,9,22H,10H2. The summed E-state index contributed by atoms with van der Waals surface area (Å²) in [5.41, 5.74) is 4.36. The van der Waals surface area contributed by atoms with Gasteiger partial charge >= 0.3 is 0 Å². The fourth-order valence-corrected chi connectivity index (χ4v) is 3.13. The highest BCUT2D eigenvalue weighted by Gasteiger charge is 2.16.